The molecular formula is C16H23BrN6O2. The van der Waals surface area contributed by atoms with E-state index in [0.29, 0.717) is 24.7 Å². The first-order valence-electron chi connectivity index (χ1n) is 8.15. The highest BCUT2D eigenvalue weighted by molar-refractivity contribution is 9.10. The van der Waals surface area contributed by atoms with Crippen LogP contribution in [0.2, 0.25) is 0 Å². The Bertz CT molecular complexity index is 745. The van der Waals surface area contributed by atoms with Crippen LogP contribution in [0.25, 0.3) is 0 Å². The third-order valence-corrected chi connectivity index (χ3v) is 4.22. The molecule has 2 aromatic heterocycles. The largest absolute Gasteiger partial charge is 0.350 e. The molecule has 0 saturated heterocycles. The van der Waals surface area contributed by atoms with E-state index in [1.54, 1.807) is 17.1 Å². The molecule has 25 heavy (non-hydrogen) atoms. The van der Waals surface area contributed by atoms with Crippen LogP contribution < -0.4 is 10.6 Å². The third-order valence-electron chi connectivity index (χ3n) is 3.44. The molecule has 0 aliphatic heterocycles. The van der Waals surface area contributed by atoms with Crippen molar-refractivity contribution in [1.82, 2.24) is 24.9 Å². The molecule has 9 heteroatoms. The molecule has 0 bridgehead atoms. The summed E-state index contributed by atoms with van der Waals surface area (Å²) in [5, 5.41) is 14.0. The number of halogens is 1. The molecule has 0 unspecified atom stereocenters. The van der Waals surface area contributed by atoms with Crippen molar-refractivity contribution in [3.63, 3.8) is 0 Å². The molecule has 2 aromatic rings. The molecule has 136 valence electrons. The molecule has 0 radical (unpaired) electrons. The standard InChI is InChI=1S/C16H23BrN6O2/c1-5-22-8-13(15(21-22)16(25)18-6-10(2)3)19-14(24)9-23-7-12(17)11(4)20-23/h7-8,10H,5-6,9H2,1-4H3,(H,18,25)(H,19,24). The number of aryl methyl sites for hydroxylation is 2. The molecule has 2 N–H and O–H groups in total. The van der Waals surface area contributed by atoms with Crippen molar-refractivity contribution in [3.8, 4) is 0 Å². The first-order valence-corrected chi connectivity index (χ1v) is 8.94. The van der Waals surface area contributed by atoms with Crippen LogP contribution in [-0.2, 0) is 17.9 Å². The van der Waals surface area contributed by atoms with E-state index in [0.717, 1.165) is 10.2 Å². The van der Waals surface area contributed by atoms with Gasteiger partial charge in [0, 0.05) is 25.5 Å². The summed E-state index contributed by atoms with van der Waals surface area (Å²) < 4.78 is 4.00. The summed E-state index contributed by atoms with van der Waals surface area (Å²) in [7, 11) is 0. The van der Waals surface area contributed by atoms with Gasteiger partial charge >= 0.3 is 0 Å². The van der Waals surface area contributed by atoms with Crippen LogP contribution in [0.15, 0.2) is 16.9 Å². The highest BCUT2D eigenvalue weighted by atomic mass is 79.9. The Morgan fingerprint density at radius 1 is 1.24 bits per heavy atom. The summed E-state index contributed by atoms with van der Waals surface area (Å²) in [6.07, 6.45) is 3.40. The van der Waals surface area contributed by atoms with Crippen molar-refractivity contribution in [2.45, 2.75) is 40.8 Å². The molecule has 0 saturated carbocycles. The zero-order valence-electron chi connectivity index (χ0n) is 14.8. The molecule has 8 nitrogen and oxygen atoms in total. The number of nitrogens with zero attached hydrogens (tertiary/aromatic N) is 4. The normalized spacial score (nSPS) is 11.0. The summed E-state index contributed by atoms with van der Waals surface area (Å²) in [6.45, 7) is 8.99. The second-order valence-corrected chi connectivity index (χ2v) is 7.01. The van der Waals surface area contributed by atoms with Gasteiger partial charge in [-0.2, -0.15) is 10.2 Å². The molecule has 0 atom stereocenters. The van der Waals surface area contributed by atoms with Crippen molar-refractivity contribution in [3.05, 3.63) is 28.3 Å². The molecule has 2 rings (SSSR count). The number of aromatic nitrogens is 4. The maximum absolute atomic E-state index is 12.3. The van der Waals surface area contributed by atoms with Crippen LogP contribution in [0.3, 0.4) is 0 Å². The van der Waals surface area contributed by atoms with Gasteiger partial charge in [-0.3, -0.25) is 19.0 Å². The van der Waals surface area contributed by atoms with E-state index in [9.17, 15) is 9.59 Å². The summed E-state index contributed by atoms with van der Waals surface area (Å²) in [5.41, 5.74) is 1.42. The van der Waals surface area contributed by atoms with Crippen molar-refractivity contribution < 1.29 is 9.59 Å². The number of carbonyl (C=O) groups excluding carboxylic acids is 2. The summed E-state index contributed by atoms with van der Waals surface area (Å²) in [6, 6.07) is 0. The topological polar surface area (TPSA) is 93.8 Å². The first-order chi connectivity index (χ1) is 11.8. The molecule has 0 aliphatic carbocycles. The summed E-state index contributed by atoms with van der Waals surface area (Å²) in [4.78, 5) is 24.6. The minimum Gasteiger partial charge on any atom is -0.350 e. The lowest BCUT2D eigenvalue weighted by atomic mass is 10.2. The van der Waals surface area contributed by atoms with E-state index in [4.69, 9.17) is 0 Å². The van der Waals surface area contributed by atoms with Crippen LogP contribution in [0, 0.1) is 12.8 Å². The van der Waals surface area contributed by atoms with Gasteiger partial charge in [-0.25, -0.2) is 0 Å². The highest BCUT2D eigenvalue weighted by Gasteiger charge is 2.19. The lowest BCUT2D eigenvalue weighted by Crippen LogP contribution is -2.29. The number of hydrogen-bond acceptors (Lipinski definition) is 4. The fraction of sp³-hybridized carbons (Fsp3) is 0.500. The van der Waals surface area contributed by atoms with Crippen molar-refractivity contribution in [2.75, 3.05) is 11.9 Å². The monoisotopic (exact) mass is 410 g/mol. The Morgan fingerprint density at radius 3 is 2.52 bits per heavy atom. The number of nitrogens with one attached hydrogen (secondary N) is 2. The Morgan fingerprint density at radius 2 is 1.96 bits per heavy atom. The van der Waals surface area contributed by atoms with Crippen molar-refractivity contribution in [1.29, 1.82) is 0 Å². The molecule has 0 fully saturated rings. The number of carbonyl (C=O) groups is 2. The lowest BCUT2D eigenvalue weighted by molar-refractivity contribution is -0.116. The molecule has 0 spiro atoms. The van der Waals surface area contributed by atoms with Gasteiger partial charge in [0.1, 0.15) is 6.54 Å². The van der Waals surface area contributed by atoms with Gasteiger partial charge in [0.05, 0.1) is 15.9 Å². The zero-order valence-corrected chi connectivity index (χ0v) is 16.4. The second-order valence-electron chi connectivity index (χ2n) is 6.16. The van der Waals surface area contributed by atoms with Gasteiger partial charge in [-0.05, 0) is 35.7 Å². The van der Waals surface area contributed by atoms with Gasteiger partial charge in [-0.15, -0.1) is 0 Å². The van der Waals surface area contributed by atoms with Gasteiger partial charge in [-0.1, -0.05) is 13.8 Å². The Balaban J connectivity index is 2.10. The minimum atomic E-state index is -0.297. The van der Waals surface area contributed by atoms with Crippen molar-refractivity contribution >= 4 is 33.4 Å². The minimum absolute atomic E-state index is 0.0524. The molecule has 0 aromatic carbocycles. The number of rotatable bonds is 7. The fourth-order valence-corrected chi connectivity index (χ4v) is 2.45. The van der Waals surface area contributed by atoms with Crippen LogP contribution >= 0.6 is 15.9 Å². The Labute approximate surface area is 155 Å². The van der Waals surface area contributed by atoms with Gasteiger partial charge < -0.3 is 10.6 Å². The Kier molecular flexibility index (Phi) is 6.35. The van der Waals surface area contributed by atoms with E-state index in [1.165, 1.54) is 4.68 Å². The molecule has 2 amide bonds. The van der Waals surface area contributed by atoms with Gasteiger partial charge in [0.2, 0.25) is 5.91 Å². The van der Waals surface area contributed by atoms with Crippen LogP contribution in [0.1, 0.15) is 37.0 Å². The molecule has 2 heterocycles. The van der Waals surface area contributed by atoms with Gasteiger partial charge in [0.15, 0.2) is 5.69 Å². The maximum Gasteiger partial charge on any atom is 0.273 e. The smallest absolute Gasteiger partial charge is 0.273 e. The first kappa shape index (κ1) is 19.2. The summed E-state index contributed by atoms with van der Waals surface area (Å²) >= 11 is 3.36. The quantitative estimate of drug-likeness (QED) is 0.731. The lowest BCUT2D eigenvalue weighted by Gasteiger charge is -2.08. The average Bonchev–Trinajstić information content (AvgIpc) is 3.08. The fourth-order valence-electron chi connectivity index (χ4n) is 2.13. The van der Waals surface area contributed by atoms with Crippen LogP contribution in [-0.4, -0.2) is 37.9 Å². The van der Waals surface area contributed by atoms with Crippen LogP contribution in [0.4, 0.5) is 5.69 Å². The molecule has 0 aliphatic rings. The zero-order chi connectivity index (χ0) is 18.6. The van der Waals surface area contributed by atoms with E-state index >= 15 is 0 Å². The van der Waals surface area contributed by atoms with E-state index < -0.39 is 0 Å². The third kappa shape index (κ3) is 5.15. The van der Waals surface area contributed by atoms with Gasteiger partial charge in [0.25, 0.3) is 5.91 Å². The van der Waals surface area contributed by atoms with Crippen molar-refractivity contribution in [2.24, 2.45) is 5.92 Å². The summed E-state index contributed by atoms with van der Waals surface area (Å²) in [5.74, 6) is -0.241. The second kappa shape index (κ2) is 8.28. The predicted octanol–water partition coefficient (Wildman–Crippen LogP) is 2.19. The number of amides is 2. The molecular weight excluding hydrogens is 388 g/mol. The van der Waals surface area contributed by atoms with E-state index in [1.807, 2.05) is 27.7 Å². The van der Waals surface area contributed by atoms with E-state index in [2.05, 4.69) is 36.8 Å². The SMILES string of the molecule is CCn1cc(NC(=O)Cn2cc(Br)c(C)n2)c(C(=O)NCC(C)C)n1. The van der Waals surface area contributed by atoms with E-state index in [-0.39, 0.29) is 24.1 Å². The average molecular weight is 411 g/mol. The van der Waals surface area contributed by atoms with Crippen LogP contribution in [0.5, 0.6) is 0 Å². The number of hydrogen-bond donors (Lipinski definition) is 2. The Hall–Kier alpha value is -2.16. The predicted molar refractivity (Wildman–Crippen MR) is 98.4 cm³/mol. The maximum atomic E-state index is 12.3. The highest BCUT2D eigenvalue weighted by Crippen LogP contribution is 2.16. The number of anilines is 1.